The minimum atomic E-state index is -0.0315. The Hall–Kier alpha value is -1.01. The van der Waals surface area contributed by atoms with Gasteiger partial charge < -0.3 is 10.2 Å². The number of anilines is 1. The molecule has 0 aromatic heterocycles. The van der Waals surface area contributed by atoms with Gasteiger partial charge in [-0.05, 0) is 43.0 Å². The highest BCUT2D eigenvalue weighted by Gasteiger charge is 2.32. The average Bonchev–Trinajstić information content (AvgIpc) is 3.36. The van der Waals surface area contributed by atoms with Crippen molar-refractivity contribution < 1.29 is 9.59 Å². The molecule has 6 heteroatoms. The van der Waals surface area contributed by atoms with E-state index < -0.39 is 0 Å². The summed E-state index contributed by atoms with van der Waals surface area (Å²) >= 11 is 4.88. The molecule has 1 aromatic rings. The van der Waals surface area contributed by atoms with Gasteiger partial charge in [0.1, 0.15) is 0 Å². The summed E-state index contributed by atoms with van der Waals surface area (Å²) < 4.78 is 0.981. The van der Waals surface area contributed by atoms with E-state index in [9.17, 15) is 9.59 Å². The van der Waals surface area contributed by atoms with E-state index >= 15 is 0 Å². The van der Waals surface area contributed by atoms with E-state index in [-0.39, 0.29) is 11.8 Å². The van der Waals surface area contributed by atoms with Gasteiger partial charge in [0.25, 0.3) is 0 Å². The molecule has 24 heavy (non-hydrogen) atoms. The van der Waals surface area contributed by atoms with Crippen molar-refractivity contribution in [2.75, 3.05) is 23.4 Å². The molecule has 1 aromatic carbocycles. The Morgan fingerprint density at radius 1 is 1.29 bits per heavy atom. The molecular formula is C18H25BrN2O2S. The van der Waals surface area contributed by atoms with Crippen molar-refractivity contribution in [3.63, 3.8) is 0 Å². The van der Waals surface area contributed by atoms with Crippen LogP contribution in [0.2, 0.25) is 0 Å². The van der Waals surface area contributed by atoms with Crippen LogP contribution in [-0.4, -0.2) is 40.8 Å². The Kier molecular flexibility index (Phi) is 7.62. The van der Waals surface area contributed by atoms with Crippen molar-refractivity contribution in [2.24, 2.45) is 5.92 Å². The van der Waals surface area contributed by atoms with Crippen molar-refractivity contribution in [2.45, 2.75) is 39.2 Å². The molecule has 0 radical (unpaired) electrons. The van der Waals surface area contributed by atoms with Crippen LogP contribution < -0.4 is 5.32 Å². The number of nitrogens with zero attached hydrogens (tertiary/aromatic N) is 1. The maximum atomic E-state index is 12.3. The molecule has 0 unspecified atom stereocenters. The Balaban J connectivity index is 1.65. The standard InChI is InChI=1S/C18H25BrN2O2S/c1-13(2)11-21(16-7-8-16)18(23)9-10-24-12-17(22)20-15-5-3-14(19)4-6-15/h3-6,13,16H,7-12H2,1-2H3,(H,20,22). The van der Waals surface area contributed by atoms with Gasteiger partial charge in [-0.15, -0.1) is 0 Å². The van der Waals surface area contributed by atoms with E-state index in [0.29, 0.717) is 29.9 Å². The number of nitrogens with one attached hydrogen (secondary N) is 1. The lowest BCUT2D eigenvalue weighted by atomic mass is 10.2. The highest BCUT2D eigenvalue weighted by molar-refractivity contribution is 9.10. The van der Waals surface area contributed by atoms with E-state index in [1.165, 1.54) is 11.8 Å². The van der Waals surface area contributed by atoms with Crippen LogP contribution in [0.15, 0.2) is 28.7 Å². The van der Waals surface area contributed by atoms with Crippen molar-refractivity contribution in [3.8, 4) is 0 Å². The second kappa shape index (κ2) is 9.47. The van der Waals surface area contributed by atoms with Gasteiger partial charge in [0.05, 0.1) is 5.75 Å². The summed E-state index contributed by atoms with van der Waals surface area (Å²) in [6.07, 6.45) is 2.79. The molecule has 2 amide bonds. The Morgan fingerprint density at radius 3 is 2.54 bits per heavy atom. The van der Waals surface area contributed by atoms with Crippen LogP contribution in [0.25, 0.3) is 0 Å². The van der Waals surface area contributed by atoms with E-state index in [4.69, 9.17) is 0 Å². The predicted octanol–water partition coefficient (Wildman–Crippen LogP) is 4.16. The predicted molar refractivity (Wildman–Crippen MR) is 104 cm³/mol. The lowest BCUT2D eigenvalue weighted by molar-refractivity contribution is -0.131. The van der Waals surface area contributed by atoms with Crippen LogP contribution in [0.3, 0.4) is 0 Å². The number of hydrogen-bond acceptors (Lipinski definition) is 3. The van der Waals surface area contributed by atoms with Crippen molar-refractivity contribution >= 4 is 45.2 Å². The molecule has 1 aliphatic carbocycles. The summed E-state index contributed by atoms with van der Waals surface area (Å²) in [5.74, 6) is 1.76. The third-order valence-electron chi connectivity index (χ3n) is 3.69. The Morgan fingerprint density at radius 2 is 1.96 bits per heavy atom. The van der Waals surface area contributed by atoms with Crippen LogP contribution in [-0.2, 0) is 9.59 Å². The van der Waals surface area contributed by atoms with E-state index in [0.717, 1.165) is 29.5 Å². The second-order valence-corrected chi connectivity index (χ2v) is 8.55. The van der Waals surface area contributed by atoms with Crippen LogP contribution in [0, 0.1) is 5.92 Å². The average molecular weight is 413 g/mol. The first-order valence-electron chi connectivity index (χ1n) is 8.38. The van der Waals surface area contributed by atoms with Crippen LogP contribution in [0.4, 0.5) is 5.69 Å². The first kappa shape index (κ1) is 19.3. The first-order valence-corrected chi connectivity index (χ1v) is 10.3. The minimum absolute atomic E-state index is 0.0315. The molecule has 2 rings (SSSR count). The Labute approximate surface area is 156 Å². The second-order valence-electron chi connectivity index (χ2n) is 6.53. The number of carbonyl (C=O) groups excluding carboxylic acids is 2. The molecule has 4 nitrogen and oxygen atoms in total. The van der Waals surface area contributed by atoms with Gasteiger partial charge in [0.2, 0.25) is 11.8 Å². The lowest BCUT2D eigenvalue weighted by Gasteiger charge is -2.24. The molecule has 0 aliphatic heterocycles. The van der Waals surface area contributed by atoms with E-state index in [1.54, 1.807) is 0 Å². The highest BCUT2D eigenvalue weighted by Crippen LogP contribution is 2.28. The molecule has 0 spiro atoms. The molecule has 1 fully saturated rings. The summed E-state index contributed by atoms with van der Waals surface area (Å²) in [6.45, 7) is 5.13. The minimum Gasteiger partial charge on any atom is -0.339 e. The van der Waals surface area contributed by atoms with E-state index in [2.05, 4.69) is 35.1 Å². The third-order valence-corrected chi connectivity index (χ3v) is 5.18. The van der Waals surface area contributed by atoms with Gasteiger partial charge in [-0.2, -0.15) is 11.8 Å². The number of halogens is 1. The number of benzene rings is 1. The summed E-state index contributed by atoms with van der Waals surface area (Å²) in [4.78, 5) is 26.3. The molecule has 132 valence electrons. The third kappa shape index (κ3) is 6.85. The molecule has 0 bridgehead atoms. The number of rotatable bonds is 9. The van der Waals surface area contributed by atoms with E-state index in [1.807, 2.05) is 29.2 Å². The molecular weight excluding hydrogens is 388 g/mol. The van der Waals surface area contributed by atoms with Crippen LogP contribution in [0.5, 0.6) is 0 Å². The normalized spacial score (nSPS) is 13.8. The summed E-state index contributed by atoms with van der Waals surface area (Å²) in [5.41, 5.74) is 0.789. The quantitative estimate of drug-likeness (QED) is 0.619. The summed E-state index contributed by atoms with van der Waals surface area (Å²) in [6, 6.07) is 7.96. The van der Waals surface area contributed by atoms with Gasteiger partial charge in [-0.25, -0.2) is 0 Å². The van der Waals surface area contributed by atoms with Gasteiger partial charge in [0.15, 0.2) is 0 Å². The zero-order chi connectivity index (χ0) is 17.5. The summed E-state index contributed by atoms with van der Waals surface area (Å²) in [5, 5.41) is 2.86. The first-order chi connectivity index (χ1) is 11.5. The van der Waals surface area contributed by atoms with Crippen molar-refractivity contribution in [3.05, 3.63) is 28.7 Å². The number of carbonyl (C=O) groups is 2. The lowest BCUT2D eigenvalue weighted by Crippen LogP contribution is -2.36. The van der Waals surface area contributed by atoms with Gasteiger partial charge in [-0.1, -0.05) is 29.8 Å². The fourth-order valence-corrected chi connectivity index (χ4v) is 3.42. The maximum Gasteiger partial charge on any atom is 0.234 e. The summed E-state index contributed by atoms with van der Waals surface area (Å²) in [7, 11) is 0. The van der Waals surface area contributed by atoms with Crippen molar-refractivity contribution in [1.29, 1.82) is 0 Å². The topological polar surface area (TPSA) is 49.4 Å². The maximum absolute atomic E-state index is 12.3. The molecule has 1 aliphatic rings. The number of hydrogen-bond donors (Lipinski definition) is 1. The molecule has 0 saturated heterocycles. The van der Waals surface area contributed by atoms with Gasteiger partial charge >= 0.3 is 0 Å². The molecule has 0 heterocycles. The number of thioether (sulfide) groups is 1. The fraction of sp³-hybridized carbons (Fsp3) is 0.556. The van der Waals surface area contributed by atoms with Crippen LogP contribution in [0.1, 0.15) is 33.1 Å². The molecule has 1 N–H and O–H groups in total. The van der Waals surface area contributed by atoms with Crippen LogP contribution >= 0.6 is 27.7 Å². The van der Waals surface area contributed by atoms with Gasteiger partial charge in [0, 0.05) is 34.9 Å². The fourth-order valence-electron chi connectivity index (χ4n) is 2.43. The zero-order valence-corrected chi connectivity index (χ0v) is 16.7. The Bertz CT molecular complexity index is 559. The highest BCUT2D eigenvalue weighted by atomic mass is 79.9. The number of amides is 2. The smallest absolute Gasteiger partial charge is 0.234 e. The molecule has 1 saturated carbocycles. The zero-order valence-electron chi connectivity index (χ0n) is 14.3. The van der Waals surface area contributed by atoms with Gasteiger partial charge in [-0.3, -0.25) is 9.59 Å². The SMILES string of the molecule is CC(C)CN(C(=O)CCSCC(=O)Nc1ccc(Br)cc1)C1CC1. The largest absolute Gasteiger partial charge is 0.339 e. The molecule has 0 atom stereocenters. The van der Waals surface area contributed by atoms with Crippen molar-refractivity contribution in [1.82, 2.24) is 4.90 Å². The monoisotopic (exact) mass is 412 g/mol.